The third-order valence-electron chi connectivity index (χ3n) is 7.30. The summed E-state index contributed by atoms with van der Waals surface area (Å²) in [5.74, 6) is 0.853. The number of amides is 2. The fraction of sp³-hybridized carbons (Fsp3) is 0.826. The number of piperidine rings is 2. The Bertz CT molecular complexity index is 598. The Kier molecular flexibility index (Phi) is 7.24. The number of likely N-dealkylation sites (tertiary alicyclic amines) is 2. The molecule has 2 amide bonds. The molecular formula is C23H37N3O3. The molecule has 0 aromatic rings. The van der Waals surface area contributed by atoms with Gasteiger partial charge in [-0.3, -0.25) is 9.59 Å². The van der Waals surface area contributed by atoms with Crippen LogP contribution in [0.5, 0.6) is 0 Å². The molecule has 162 valence electrons. The van der Waals surface area contributed by atoms with Crippen molar-refractivity contribution in [1.82, 2.24) is 14.7 Å². The minimum atomic E-state index is 0.190. The van der Waals surface area contributed by atoms with E-state index >= 15 is 0 Å². The van der Waals surface area contributed by atoms with E-state index in [1.807, 2.05) is 4.90 Å². The van der Waals surface area contributed by atoms with E-state index in [2.05, 4.69) is 15.9 Å². The van der Waals surface area contributed by atoms with Crippen molar-refractivity contribution in [3.05, 3.63) is 11.6 Å². The second kappa shape index (κ2) is 10.1. The number of nitrogens with zero attached hydrogens (tertiary/aromatic N) is 3. The molecule has 0 bridgehead atoms. The third kappa shape index (κ3) is 5.40. The maximum absolute atomic E-state index is 12.7. The molecule has 0 radical (unpaired) electrons. The Morgan fingerprint density at radius 2 is 1.62 bits per heavy atom. The molecule has 6 heteroatoms. The third-order valence-corrected chi connectivity index (χ3v) is 7.30. The minimum absolute atomic E-state index is 0.190. The molecule has 0 atom stereocenters. The fourth-order valence-electron chi connectivity index (χ4n) is 5.41. The van der Waals surface area contributed by atoms with Crippen molar-refractivity contribution >= 4 is 11.8 Å². The van der Waals surface area contributed by atoms with Crippen LogP contribution in [0.2, 0.25) is 0 Å². The van der Waals surface area contributed by atoms with Crippen LogP contribution in [-0.4, -0.2) is 85.0 Å². The van der Waals surface area contributed by atoms with Crippen molar-refractivity contribution in [2.45, 2.75) is 63.8 Å². The summed E-state index contributed by atoms with van der Waals surface area (Å²) in [4.78, 5) is 32.0. The summed E-state index contributed by atoms with van der Waals surface area (Å²) in [5, 5.41) is 0. The Morgan fingerprint density at radius 3 is 2.28 bits per heavy atom. The molecule has 0 unspecified atom stereocenters. The SMILES string of the molecule is O=C(CC1=CCCCC1)N1CCC(N2CCC(C(=O)N3CCOCC3)CC2)CC1. The number of ether oxygens (including phenoxy) is 1. The van der Waals surface area contributed by atoms with E-state index in [9.17, 15) is 9.59 Å². The van der Waals surface area contributed by atoms with Gasteiger partial charge < -0.3 is 19.4 Å². The molecule has 3 saturated heterocycles. The first-order chi connectivity index (χ1) is 14.2. The Morgan fingerprint density at radius 1 is 0.897 bits per heavy atom. The molecule has 3 aliphatic heterocycles. The largest absolute Gasteiger partial charge is 0.378 e. The summed E-state index contributed by atoms with van der Waals surface area (Å²) in [6, 6.07) is 0.576. The van der Waals surface area contributed by atoms with Crippen molar-refractivity contribution in [3.8, 4) is 0 Å². The van der Waals surface area contributed by atoms with Gasteiger partial charge in [-0.15, -0.1) is 0 Å². The molecule has 0 N–H and O–H groups in total. The highest BCUT2D eigenvalue weighted by Gasteiger charge is 2.33. The maximum atomic E-state index is 12.7. The lowest BCUT2D eigenvalue weighted by Gasteiger charge is -2.42. The van der Waals surface area contributed by atoms with Crippen molar-refractivity contribution in [3.63, 3.8) is 0 Å². The zero-order valence-electron chi connectivity index (χ0n) is 17.8. The summed E-state index contributed by atoms with van der Waals surface area (Å²) in [7, 11) is 0. The Hall–Kier alpha value is -1.40. The predicted octanol–water partition coefficient (Wildman–Crippen LogP) is 2.44. The number of rotatable bonds is 4. The zero-order chi connectivity index (χ0) is 20.1. The quantitative estimate of drug-likeness (QED) is 0.677. The van der Waals surface area contributed by atoms with Gasteiger partial charge in [-0.05, 0) is 64.5 Å². The number of allylic oxidation sites excluding steroid dienone is 1. The van der Waals surface area contributed by atoms with Gasteiger partial charge in [0.05, 0.1) is 13.2 Å². The van der Waals surface area contributed by atoms with Crippen LogP contribution in [0.4, 0.5) is 0 Å². The van der Waals surface area contributed by atoms with E-state index < -0.39 is 0 Å². The number of carbonyl (C=O) groups is 2. The second-order valence-electron chi connectivity index (χ2n) is 9.14. The molecule has 4 rings (SSSR count). The molecule has 0 aromatic heterocycles. The Balaban J connectivity index is 1.18. The first-order valence-electron chi connectivity index (χ1n) is 11.8. The smallest absolute Gasteiger partial charge is 0.226 e. The molecule has 6 nitrogen and oxygen atoms in total. The number of carbonyl (C=O) groups excluding carboxylic acids is 2. The molecule has 0 spiro atoms. The van der Waals surface area contributed by atoms with E-state index in [1.54, 1.807) is 0 Å². The van der Waals surface area contributed by atoms with Gasteiger partial charge in [0.1, 0.15) is 0 Å². The van der Waals surface area contributed by atoms with Crippen LogP contribution >= 0.6 is 0 Å². The van der Waals surface area contributed by atoms with Crippen molar-refractivity contribution in [2.24, 2.45) is 5.92 Å². The molecule has 0 saturated carbocycles. The second-order valence-corrected chi connectivity index (χ2v) is 9.14. The summed E-state index contributed by atoms with van der Waals surface area (Å²) < 4.78 is 5.37. The molecule has 1 aliphatic carbocycles. The fourth-order valence-corrected chi connectivity index (χ4v) is 5.41. The highest BCUT2D eigenvalue weighted by atomic mass is 16.5. The van der Waals surface area contributed by atoms with Crippen LogP contribution in [0.15, 0.2) is 11.6 Å². The zero-order valence-corrected chi connectivity index (χ0v) is 17.8. The molecule has 29 heavy (non-hydrogen) atoms. The number of morpholine rings is 1. The van der Waals surface area contributed by atoms with Crippen LogP contribution in [-0.2, 0) is 14.3 Å². The Labute approximate surface area is 175 Å². The summed E-state index contributed by atoms with van der Waals surface area (Å²) in [6.07, 6.45) is 11.8. The van der Waals surface area contributed by atoms with Gasteiger partial charge in [0.2, 0.25) is 11.8 Å². The summed E-state index contributed by atoms with van der Waals surface area (Å²) >= 11 is 0. The van der Waals surface area contributed by atoms with Crippen molar-refractivity contribution in [2.75, 3.05) is 52.5 Å². The average molecular weight is 404 g/mol. The van der Waals surface area contributed by atoms with E-state index in [0.717, 1.165) is 77.8 Å². The molecule has 3 fully saturated rings. The van der Waals surface area contributed by atoms with Gasteiger partial charge in [0.15, 0.2) is 0 Å². The number of hydrogen-bond acceptors (Lipinski definition) is 4. The molecular weight excluding hydrogens is 366 g/mol. The van der Waals surface area contributed by atoms with Crippen LogP contribution < -0.4 is 0 Å². The van der Waals surface area contributed by atoms with E-state index in [4.69, 9.17) is 4.74 Å². The number of hydrogen-bond donors (Lipinski definition) is 0. The summed E-state index contributed by atoms with van der Waals surface area (Å²) in [6.45, 7) is 6.69. The first-order valence-corrected chi connectivity index (χ1v) is 11.8. The van der Waals surface area contributed by atoms with Gasteiger partial charge in [0.25, 0.3) is 0 Å². The predicted molar refractivity (Wildman–Crippen MR) is 112 cm³/mol. The summed E-state index contributed by atoms with van der Waals surface area (Å²) in [5.41, 5.74) is 1.36. The van der Waals surface area contributed by atoms with Gasteiger partial charge in [-0.25, -0.2) is 0 Å². The van der Waals surface area contributed by atoms with Gasteiger partial charge in [0, 0.05) is 44.6 Å². The lowest BCUT2D eigenvalue weighted by Crippen LogP contribution is -2.51. The molecule has 0 aromatic carbocycles. The van der Waals surface area contributed by atoms with Crippen molar-refractivity contribution < 1.29 is 14.3 Å². The average Bonchev–Trinajstić information content (AvgIpc) is 2.80. The molecule has 4 aliphatic rings. The van der Waals surface area contributed by atoms with Crippen LogP contribution in [0.3, 0.4) is 0 Å². The van der Waals surface area contributed by atoms with Gasteiger partial charge in [-0.2, -0.15) is 0 Å². The van der Waals surface area contributed by atoms with Crippen LogP contribution in [0, 0.1) is 5.92 Å². The standard InChI is InChI=1S/C23H37N3O3/c27-22(18-19-4-2-1-3-5-19)25-12-8-21(9-13-25)24-10-6-20(7-11-24)23(28)26-14-16-29-17-15-26/h4,20-21H,1-3,5-18H2. The topological polar surface area (TPSA) is 53.1 Å². The molecule has 3 heterocycles. The lowest BCUT2D eigenvalue weighted by molar-refractivity contribution is -0.141. The monoisotopic (exact) mass is 403 g/mol. The van der Waals surface area contributed by atoms with Crippen LogP contribution in [0.1, 0.15) is 57.8 Å². The normalized spacial score (nSPS) is 25.7. The van der Waals surface area contributed by atoms with Crippen LogP contribution in [0.25, 0.3) is 0 Å². The minimum Gasteiger partial charge on any atom is -0.378 e. The first kappa shape index (κ1) is 20.9. The van der Waals surface area contributed by atoms with Gasteiger partial charge >= 0.3 is 0 Å². The maximum Gasteiger partial charge on any atom is 0.226 e. The van der Waals surface area contributed by atoms with E-state index in [0.29, 0.717) is 37.5 Å². The van der Waals surface area contributed by atoms with Gasteiger partial charge in [-0.1, -0.05) is 11.6 Å². The van der Waals surface area contributed by atoms with Crippen molar-refractivity contribution in [1.29, 1.82) is 0 Å². The highest BCUT2D eigenvalue weighted by molar-refractivity contribution is 5.79. The highest BCUT2D eigenvalue weighted by Crippen LogP contribution is 2.27. The lowest BCUT2D eigenvalue weighted by atomic mass is 9.92. The van der Waals surface area contributed by atoms with E-state index in [-0.39, 0.29) is 5.92 Å². The van der Waals surface area contributed by atoms with E-state index in [1.165, 1.54) is 18.4 Å².